The van der Waals surface area contributed by atoms with E-state index in [1.54, 1.807) is 6.08 Å². The molecular weight excluding hydrogens is 336 g/mol. The van der Waals surface area contributed by atoms with Crippen LogP contribution in [-0.4, -0.2) is 5.91 Å². The molecule has 0 bridgehead atoms. The molecule has 2 rings (SSSR count). The van der Waals surface area contributed by atoms with Crippen LogP contribution in [0.15, 0.2) is 51.1 Å². The van der Waals surface area contributed by atoms with Gasteiger partial charge in [0, 0.05) is 6.54 Å². The van der Waals surface area contributed by atoms with E-state index in [1.807, 2.05) is 47.8 Å². The Morgan fingerprint density at radius 2 is 2.15 bits per heavy atom. The molecule has 5 heteroatoms. The highest BCUT2D eigenvalue weighted by Crippen LogP contribution is 2.22. The molecule has 1 N–H and O–H groups in total. The Balaban J connectivity index is 2.03. The van der Waals surface area contributed by atoms with E-state index in [0.29, 0.717) is 6.54 Å². The van der Waals surface area contributed by atoms with Crippen LogP contribution >= 0.6 is 27.3 Å². The summed E-state index contributed by atoms with van der Waals surface area (Å²) < 4.78 is 0.964. The SMILES string of the molecule is N#C/C(=C\c1csc(Br)c1)C(=O)NCc1ccccc1. The second-order valence-corrected chi connectivity index (χ2v) is 6.31. The largest absolute Gasteiger partial charge is 0.347 e. The Bertz CT molecular complexity index is 671. The lowest BCUT2D eigenvalue weighted by Crippen LogP contribution is -2.23. The first kappa shape index (κ1) is 14.5. The maximum Gasteiger partial charge on any atom is 0.262 e. The van der Waals surface area contributed by atoms with Crippen molar-refractivity contribution < 1.29 is 4.79 Å². The first-order valence-corrected chi connectivity index (χ1v) is 7.54. The van der Waals surface area contributed by atoms with Crippen LogP contribution in [0.1, 0.15) is 11.1 Å². The van der Waals surface area contributed by atoms with Gasteiger partial charge in [-0.1, -0.05) is 30.3 Å². The Hall–Kier alpha value is -1.90. The van der Waals surface area contributed by atoms with E-state index in [0.717, 1.165) is 14.9 Å². The zero-order valence-corrected chi connectivity index (χ0v) is 12.9. The van der Waals surface area contributed by atoms with E-state index in [4.69, 9.17) is 5.26 Å². The topological polar surface area (TPSA) is 52.9 Å². The third-order valence-corrected chi connectivity index (χ3v) is 4.08. The maximum atomic E-state index is 11.9. The lowest BCUT2D eigenvalue weighted by molar-refractivity contribution is -0.117. The van der Waals surface area contributed by atoms with Crippen LogP contribution in [0.5, 0.6) is 0 Å². The standard InChI is InChI=1S/C15H11BrN2OS/c16-14-7-12(10-20-14)6-13(8-17)15(19)18-9-11-4-2-1-3-5-11/h1-7,10H,9H2,(H,18,19)/b13-6+. The third-order valence-electron chi connectivity index (χ3n) is 2.56. The van der Waals surface area contributed by atoms with E-state index in [2.05, 4.69) is 21.2 Å². The average Bonchev–Trinajstić information content (AvgIpc) is 2.88. The Labute approximate surface area is 129 Å². The van der Waals surface area contributed by atoms with Crippen molar-refractivity contribution in [2.75, 3.05) is 0 Å². The van der Waals surface area contributed by atoms with Crippen LogP contribution in [0.2, 0.25) is 0 Å². The van der Waals surface area contributed by atoms with Crippen molar-refractivity contribution in [2.24, 2.45) is 0 Å². The number of nitriles is 1. The Kier molecular flexibility index (Phi) is 5.10. The van der Waals surface area contributed by atoms with E-state index < -0.39 is 0 Å². The molecule has 1 heterocycles. The zero-order valence-electron chi connectivity index (χ0n) is 10.5. The first-order chi connectivity index (χ1) is 9.69. The summed E-state index contributed by atoms with van der Waals surface area (Å²) in [5.41, 5.74) is 1.94. The Morgan fingerprint density at radius 3 is 2.75 bits per heavy atom. The molecule has 0 aliphatic rings. The van der Waals surface area contributed by atoms with Gasteiger partial charge in [-0.15, -0.1) is 11.3 Å². The summed E-state index contributed by atoms with van der Waals surface area (Å²) in [4.78, 5) is 11.9. The maximum absolute atomic E-state index is 11.9. The van der Waals surface area contributed by atoms with Gasteiger partial charge in [-0.25, -0.2) is 0 Å². The fourth-order valence-corrected chi connectivity index (χ4v) is 2.72. The van der Waals surface area contributed by atoms with Crippen molar-refractivity contribution in [1.82, 2.24) is 5.32 Å². The third kappa shape index (κ3) is 4.05. The molecule has 2 aromatic rings. The molecule has 0 atom stereocenters. The molecule has 0 fully saturated rings. The van der Waals surface area contributed by atoms with E-state index >= 15 is 0 Å². The highest BCUT2D eigenvalue weighted by Gasteiger charge is 2.09. The van der Waals surface area contributed by atoms with Gasteiger partial charge in [0.25, 0.3) is 5.91 Å². The molecule has 1 amide bonds. The van der Waals surface area contributed by atoms with Gasteiger partial charge in [0.1, 0.15) is 11.6 Å². The fourth-order valence-electron chi connectivity index (χ4n) is 1.59. The molecule has 20 heavy (non-hydrogen) atoms. The van der Waals surface area contributed by atoms with Gasteiger partial charge in [0.05, 0.1) is 3.79 Å². The summed E-state index contributed by atoms with van der Waals surface area (Å²) in [6.07, 6.45) is 1.58. The number of benzene rings is 1. The Morgan fingerprint density at radius 1 is 1.40 bits per heavy atom. The zero-order chi connectivity index (χ0) is 14.4. The monoisotopic (exact) mass is 346 g/mol. The first-order valence-electron chi connectivity index (χ1n) is 5.87. The van der Waals surface area contributed by atoms with Gasteiger partial charge in [0.15, 0.2) is 0 Å². The van der Waals surface area contributed by atoms with Gasteiger partial charge < -0.3 is 5.32 Å². The lowest BCUT2D eigenvalue weighted by Gasteiger charge is -2.03. The number of halogens is 1. The molecule has 0 radical (unpaired) electrons. The van der Waals surface area contributed by atoms with Gasteiger partial charge in [0.2, 0.25) is 0 Å². The summed E-state index contributed by atoms with van der Waals surface area (Å²) in [7, 11) is 0. The fraction of sp³-hybridized carbons (Fsp3) is 0.0667. The van der Waals surface area contributed by atoms with Gasteiger partial charge >= 0.3 is 0 Å². The summed E-state index contributed by atoms with van der Waals surface area (Å²) >= 11 is 4.86. The minimum atomic E-state index is -0.362. The smallest absolute Gasteiger partial charge is 0.262 e. The normalized spacial score (nSPS) is 10.9. The van der Waals surface area contributed by atoms with Crippen molar-refractivity contribution in [2.45, 2.75) is 6.54 Å². The minimum Gasteiger partial charge on any atom is -0.347 e. The van der Waals surface area contributed by atoms with Gasteiger partial charge in [-0.3, -0.25) is 4.79 Å². The van der Waals surface area contributed by atoms with Crippen LogP contribution in [0.4, 0.5) is 0 Å². The number of nitrogens with zero attached hydrogens (tertiary/aromatic N) is 1. The van der Waals surface area contributed by atoms with Crippen LogP contribution in [0, 0.1) is 11.3 Å². The summed E-state index contributed by atoms with van der Waals surface area (Å²) in [6.45, 7) is 0.409. The number of hydrogen-bond acceptors (Lipinski definition) is 3. The highest BCUT2D eigenvalue weighted by molar-refractivity contribution is 9.11. The summed E-state index contributed by atoms with van der Waals surface area (Å²) in [6, 6.07) is 13.4. The molecule has 0 saturated carbocycles. The number of thiophene rings is 1. The van der Waals surface area contributed by atoms with Crippen LogP contribution < -0.4 is 5.32 Å². The molecular formula is C15H11BrN2OS. The number of carbonyl (C=O) groups is 1. The predicted molar refractivity (Wildman–Crippen MR) is 83.9 cm³/mol. The average molecular weight is 347 g/mol. The molecule has 0 aliphatic carbocycles. The summed E-state index contributed by atoms with van der Waals surface area (Å²) in [5, 5.41) is 13.7. The second kappa shape index (κ2) is 7.04. The van der Waals surface area contributed by atoms with Crippen molar-refractivity contribution in [3.8, 4) is 6.07 Å². The van der Waals surface area contributed by atoms with Crippen molar-refractivity contribution in [1.29, 1.82) is 5.26 Å². The van der Waals surface area contributed by atoms with E-state index in [9.17, 15) is 4.79 Å². The minimum absolute atomic E-state index is 0.103. The van der Waals surface area contributed by atoms with Crippen LogP contribution in [-0.2, 0) is 11.3 Å². The molecule has 1 aromatic heterocycles. The molecule has 0 unspecified atom stereocenters. The van der Waals surface area contributed by atoms with E-state index in [1.165, 1.54) is 11.3 Å². The van der Waals surface area contributed by atoms with Crippen molar-refractivity contribution in [3.63, 3.8) is 0 Å². The van der Waals surface area contributed by atoms with Gasteiger partial charge in [-0.2, -0.15) is 5.26 Å². The van der Waals surface area contributed by atoms with Crippen molar-refractivity contribution >= 4 is 39.2 Å². The van der Waals surface area contributed by atoms with Crippen LogP contribution in [0.3, 0.4) is 0 Å². The quantitative estimate of drug-likeness (QED) is 0.677. The lowest BCUT2D eigenvalue weighted by atomic mass is 10.2. The molecule has 0 aliphatic heterocycles. The second-order valence-electron chi connectivity index (χ2n) is 4.02. The molecule has 0 saturated heterocycles. The van der Waals surface area contributed by atoms with Gasteiger partial charge in [-0.05, 0) is 44.6 Å². The number of hydrogen-bond donors (Lipinski definition) is 1. The number of nitrogens with one attached hydrogen (secondary N) is 1. The summed E-state index contributed by atoms with van der Waals surface area (Å²) in [5.74, 6) is -0.362. The molecule has 1 aromatic carbocycles. The number of rotatable bonds is 4. The van der Waals surface area contributed by atoms with Crippen molar-refractivity contribution in [3.05, 3.63) is 62.3 Å². The molecule has 100 valence electrons. The molecule has 3 nitrogen and oxygen atoms in total. The number of amides is 1. The molecule has 0 spiro atoms. The number of carbonyl (C=O) groups excluding carboxylic acids is 1. The van der Waals surface area contributed by atoms with Crippen LogP contribution in [0.25, 0.3) is 6.08 Å². The highest BCUT2D eigenvalue weighted by atomic mass is 79.9. The predicted octanol–water partition coefficient (Wildman–Crippen LogP) is 3.73. The van der Waals surface area contributed by atoms with E-state index in [-0.39, 0.29) is 11.5 Å².